The van der Waals surface area contributed by atoms with Crippen LogP contribution < -0.4 is 10.2 Å². The maximum atomic E-state index is 12.5. The van der Waals surface area contributed by atoms with E-state index in [2.05, 4.69) is 9.88 Å². The molecule has 0 bridgehead atoms. The first kappa shape index (κ1) is 17.0. The molecule has 1 fully saturated rings. The van der Waals surface area contributed by atoms with Gasteiger partial charge in [-0.1, -0.05) is 0 Å². The second-order valence-corrected chi connectivity index (χ2v) is 6.00. The second-order valence-electron chi connectivity index (χ2n) is 6.00. The summed E-state index contributed by atoms with van der Waals surface area (Å²) in [6.07, 6.45) is 1.31. The Bertz CT molecular complexity index is 793. The van der Waals surface area contributed by atoms with Gasteiger partial charge >= 0.3 is 0 Å². The molecule has 3 rings (SSSR count). The number of hydrogen-bond acceptors (Lipinski definition) is 5. The molecule has 0 radical (unpaired) electrons. The number of methoxy groups -OCH3 is 1. The van der Waals surface area contributed by atoms with Gasteiger partial charge < -0.3 is 19.7 Å². The molecule has 25 heavy (non-hydrogen) atoms. The van der Waals surface area contributed by atoms with Crippen molar-refractivity contribution in [2.45, 2.75) is 6.54 Å². The third-order valence-corrected chi connectivity index (χ3v) is 4.34. The summed E-state index contributed by atoms with van der Waals surface area (Å²) in [7, 11) is 1.59. The van der Waals surface area contributed by atoms with Crippen LogP contribution in [-0.4, -0.2) is 59.1 Å². The number of carbonyl (C=O) groups is 1. The van der Waals surface area contributed by atoms with Crippen molar-refractivity contribution in [3.05, 3.63) is 58.0 Å². The molecule has 0 aliphatic carbocycles. The van der Waals surface area contributed by atoms with Gasteiger partial charge in [-0.2, -0.15) is 0 Å². The zero-order valence-corrected chi connectivity index (χ0v) is 14.1. The summed E-state index contributed by atoms with van der Waals surface area (Å²) < 4.78 is 5.11. The van der Waals surface area contributed by atoms with Crippen LogP contribution in [0.3, 0.4) is 0 Å². The molecule has 1 aromatic heterocycles. The van der Waals surface area contributed by atoms with Crippen molar-refractivity contribution in [1.82, 2.24) is 14.8 Å². The molecule has 1 saturated heterocycles. The van der Waals surface area contributed by atoms with Crippen LogP contribution in [0.1, 0.15) is 16.1 Å². The molecular formula is C18H21N3O4. The molecule has 7 nitrogen and oxygen atoms in total. The lowest BCUT2D eigenvalue weighted by Crippen LogP contribution is -2.48. The molecule has 2 heterocycles. The van der Waals surface area contributed by atoms with Crippen LogP contribution in [0.5, 0.6) is 11.5 Å². The van der Waals surface area contributed by atoms with Crippen molar-refractivity contribution >= 4 is 5.91 Å². The van der Waals surface area contributed by atoms with Gasteiger partial charge in [-0.25, -0.2) is 0 Å². The van der Waals surface area contributed by atoms with E-state index < -0.39 is 0 Å². The largest absolute Gasteiger partial charge is 0.503 e. The van der Waals surface area contributed by atoms with Crippen LogP contribution in [-0.2, 0) is 6.54 Å². The summed E-state index contributed by atoms with van der Waals surface area (Å²) in [5.74, 6) is 0.461. The van der Waals surface area contributed by atoms with Crippen molar-refractivity contribution in [2.24, 2.45) is 0 Å². The van der Waals surface area contributed by atoms with Crippen LogP contribution in [0.15, 0.2) is 41.3 Å². The lowest BCUT2D eigenvalue weighted by atomic mass is 10.1. The average molecular weight is 343 g/mol. The number of piperazine rings is 1. The number of pyridine rings is 1. The zero-order chi connectivity index (χ0) is 17.8. The highest BCUT2D eigenvalue weighted by Gasteiger charge is 2.22. The molecular weight excluding hydrogens is 322 g/mol. The number of nitrogens with one attached hydrogen (secondary N) is 1. The molecule has 132 valence electrons. The van der Waals surface area contributed by atoms with Crippen molar-refractivity contribution in [1.29, 1.82) is 0 Å². The molecule has 0 atom stereocenters. The van der Waals surface area contributed by atoms with E-state index in [1.807, 2.05) is 4.90 Å². The predicted octanol–water partition coefficient (Wildman–Crippen LogP) is 1.05. The van der Waals surface area contributed by atoms with E-state index in [0.29, 0.717) is 25.2 Å². The summed E-state index contributed by atoms with van der Waals surface area (Å²) in [5.41, 5.74) is 1.01. The van der Waals surface area contributed by atoms with E-state index in [1.165, 1.54) is 12.3 Å². The van der Waals surface area contributed by atoms with Crippen LogP contribution >= 0.6 is 0 Å². The van der Waals surface area contributed by atoms with E-state index in [4.69, 9.17) is 4.74 Å². The molecule has 2 aromatic rings. The first-order valence-corrected chi connectivity index (χ1v) is 8.13. The molecule has 1 aromatic carbocycles. The number of H-pyrrole nitrogens is 1. The Morgan fingerprint density at radius 1 is 1.20 bits per heavy atom. The first-order valence-electron chi connectivity index (χ1n) is 8.13. The molecule has 7 heteroatoms. The van der Waals surface area contributed by atoms with E-state index >= 15 is 0 Å². The SMILES string of the molecule is COc1ccc(C(=O)N2CCN(Cc3cc(=O)c(O)c[nH]3)CC2)cc1. The van der Waals surface area contributed by atoms with Crippen LogP contribution in [0.25, 0.3) is 0 Å². The van der Waals surface area contributed by atoms with E-state index in [9.17, 15) is 14.7 Å². The minimum Gasteiger partial charge on any atom is -0.503 e. The summed E-state index contributed by atoms with van der Waals surface area (Å²) in [6, 6.07) is 8.52. The van der Waals surface area contributed by atoms with Crippen molar-refractivity contribution in [2.75, 3.05) is 33.3 Å². The maximum absolute atomic E-state index is 12.5. The molecule has 0 unspecified atom stereocenters. The van der Waals surface area contributed by atoms with Gasteiger partial charge in [0.1, 0.15) is 5.75 Å². The predicted molar refractivity (Wildman–Crippen MR) is 92.9 cm³/mol. The van der Waals surface area contributed by atoms with E-state index in [0.717, 1.165) is 24.5 Å². The van der Waals surface area contributed by atoms with Crippen molar-refractivity contribution in [3.63, 3.8) is 0 Å². The van der Waals surface area contributed by atoms with Gasteiger partial charge in [-0.15, -0.1) is 0 Å². The third-order valence-electron chi connectivity index (χ3n) is 4.34. The average Bonchev–Trinajstić information content (AvgIpc) is 2.65. The Balaban J connectivity index is 1.56. The standard InChI is InChI=1S/C18H21N3O4/c1-25-15-4-2-13(3-5-15)18(24)21-8-6-20(7-9-21)12-14-10-16(22)17(23)11-19-14/h2-5,10-11,23H,6-9,12H2,1H3,(H,19,22). The summed E-state index contributed by atoms with van der Waals surface area (Å²) in [5, 5.41) is 9.28. The summed E-state index contributed by atoms with van der Waals surface area (Å²) in [6.45, 7) is 3.30. The molecule has 0 saturated carbocycles. The molecule has 1 amide bonds. The Morgan fingerprint density at radius 2 is 1.88 bits per heavy atom. The third kappa shape index (κ3) is 4.00. The quantitative estimate of drug-likeness (QED) is 0.867. The fourth-order valence-corrected chi connectivity index (χ4v) is 2.86. The molecule has 1 aliphatic rings. The van der Waals surface area contributed by atoms with Crippen molar-refractivity contribution in [3.8, 4) is 11.5 Å². The number of carbonyl (C=O) groups excluding carboxylic acids is 1. The summed E-state index contributed by atoms with van der Waals surface area (Å²) >= 11 is 0. The normalized spacial score (nSPS) is 15.2. The number of benzene rings is 1. The lowest BCUT2D eigenvalue weighted by molar-refractivity contribution is 0.0627. The lowest BCUT2D eigenvalue weighted by Gasteiger charge is -2.34. The number of aromatic nitrogens is 1. The minimum absolute atomic E-state index is 0.0142. The number of rotatable bonds is 4. The van der Waals surface area contributed by atoms with Gasteiger partial charge in [0.25, 0.3) is 5.91 Å². The fraction of sp³-hybridized carbons (Fsp3) is 0.333. The maximum Gasteiger partial charge on any atom is 0.253 e. The number of ether oxygens (including phenoxy) is 1. The topological polar surface area (TPSA) is 85.9 Å². The Hall–Kier alpha value is -2.80. The molecule has 2 N–H and O–H groups in total. The Kier molecular flexibility index (Phi) is 5.04. The van der Waals surface area contributed by atoms with Crippen LogP contribution in [0, 0.1) is 0 Å². The number of amides is 1. The molecule has 1 aliphatic heterocycles. The van der Waals surface area contributed by atoms with Gasteiger partial charge in [0.05, 0.1) is 7.11 Å². The van der Waals surface area contributed by atoms with Crippen molar-refractivity contribution < 1.29 is 14.6 Å². The number of nitrogens with zero attached hydrogens (tertiary/aromatic N) is 2. The Morgan fingerprint density at radius 3 is 2.48 bits per heavy atom. The fourth-order valence-electron chi connectivity index (χ4n) is 2.86. The second kappa shape index (κ2) is 7.40. The number of aromatic hydroxyl groups is 1. The first-order chi connectivity index (χ1) is 12.1. The zero-order valence-electron chi connectivity index (χ0n) is 14.1. The highest BCUT2D eigenvalue weighted by atomic mass is 16.5. The van der Waals surface area contributed by atoms with Gasteiger partial charge in [-0.3, -0.25) is 14.5 Å². The van der Waals surface area contributed by atoms with E-state index in [-0.39, 0.29) is 17.1 Å². The van der Waals surface area contributed by atoms with Crippen LogP contribution in [0.4, 0.5) is 0 Å². The highest BCUT2D eigenvalue weighted by Crippen LogP contribution is 2.15. The number of aromatic amines is 1. The van der Waals surface area contributed by atoms with E-state index in [1.54, 1.807) is 31.4 Å². The Labute approximate surface area is 145 Å². The van der Waals surface area contributed by atoms with Gasteiger partial charge in [-0.05, 0) is 24.3 Å². The van der Waals surface area contributed by atoms with Crippen LogP contribution in [0.2, 0.25) is 0 Å². The van der Waals surface area contributed by atoms with Gasteiger partial charge in [0, 0.05) is 56.2 Å². The smallest absolute Gasteiger partial charge is 0.253 e. The van der Waals surface area contributed by atoms with Gasteiger partial charge in [0.2, 0.25) is 5.43 Å². The van der Waals surface area contributed by atoms with Gasteiger partial charge in [0.15, 0.2) is 5.75 Å². The minimum atomic E-state index is -0.387. The molecule has 0 spiro atoms. The monoisotopic (exact) mass is 343 g/mol. The number of hydrogen-bond donors (Lipinski definition) is 2. The highest BCUT2D eigenvalue weighted by molar-refractivity contribution is 5.94. The summed E-state index contributed by atoms with van der Waals surface area (Å²) in [4.78, 5) is 30.9.